The first kappa shape index (κ1) is 15.8. The normalized spacial score (nSPS) is 16.2. The third-order valence-corrected chi connectivity index (χ3v) is 4.70. The maximum atomic E-state index is 12.1. The average Bonchev–Trinajstić information content (AvgIpc) is 2.78. The molecule has 1 aromatic heterocycles. The van der Waals surface area contributed by atoms with E-state index in [1.54, 1.807) is 4.90 Å². The van der Waals surface area contributed by atoms with Gasteiger partial charge in [-0.15, -0.1) is 11.3 Å². The van der Waals surface area contributed by atoms with Crippen LogP contribution in [-0.2, 0) is 6.54 Å². The number of carbonyl (C=O) groups is 2. The van der Waals surface area contributed by atoms with Crippen molar-refractivity contribution in [3.63, 3.8) is 0 Å². The number of carboxylic acids is 1. The van der Waals surface area contributed by atoms with E-state index in [0.29, 0.717) is 11.0 Å². The molecule has 0 unspecified atom stereocenters. The van der Waals surface area contributed by atoms with E-state index in [-0.39, 0.29) is 18.3 Å². The highest BCUT2D eigenvalue weighted by molar-refractivity contribution is 7.09. The smallest absolute Gasteiger partial charge is 0.355 e. The number of hydrogen-bond acceptors (Lipinski definition) is 4. The molecule has 2 rings (SSSR count). The lowest BCUT2D eigenvalue weighted by atomic mass is 10.1. The molecule has 0 bridgehead atoms. The molecule has 6 nitrogen and oxygen atoms in total. The predicted molar refractivity (Wildman–Crippen MR) is 80.6 cm³/mol. The summed E-state index contributed by atoms with van der Waals surface area (Å²) in [6.45, 7) is 0.272. The molecule has 7 heteroatoms. The Morgan fingerprint density at radius 2 is 2.05 bits per heavy atom. The fraction of sp³-hybridized carbons (Fsp3) is 0.643. The van der Waals surface area contributed by atoms with Crippen LogP contribution in [0.4, 0.5) is 4.79 Å². The van der Waals surface area contributed by atoms with E-state index in [1.165, 1.54) is 42.4 Å². The molecular formula is C14H21N3O3S. The van der Waals surface area contributed by atoms with Gasteiger partial charge in [-0.3, -0.25) is 0 Å². The standard InChI is InChI=1S/C14H21N3O3S/c1-17(10-6-4-2-3-5-7-10)14(20)15-8-12-16-11(9-21-12)13(18)19/h9-10H,2-8H2,1H3,(H,15,20)(H,18,19). The van der Waals surface area contributed by atoms with E-state index >= 15 is 0 Å². The van der Waals surface area contributed by atoms with Gasteiger partial charge in [0.05, 0.1) is 6.54 Å². The molecule has 1 aliphatic carbocycles. The Morgan fingerprint density at radius 1 is 1.38 bits per heavy atom. The molecule has 2 amide bonds. The second-order valence-electron chi connectivity index (χ2n) is 5.35. The van der Waals surface area contributed by atoms with Gasteiger partial charge in [0.25, 0.3) is 0 Å². The van der Waals surface area contributed by atoms with Gasteiger partial charge in [-0.2, -0.15) is 0 Å². The number of nitrogens with one attached hydrogen (secondary N) is 1. The molecule has 0 atom stereocenters. The summed E-state index contributed by atoms with van der Waals surface area (Å²) in [5, 5.41) is 13.7. The van der Waals surface area contributed by atoms with Crippen LogP contribution < -0.4 is 5.32 Å². The number of amides is 2. The van der Waals surface area contributed by atoms with Gasteiger partial charge in [-0.25, -0.2) is 14.6 Å². The molecule has 1 aliphatic rings. The Hall–Kier alpha value is -1.63. The van der Waals surface area contributed by atoms with E-state index in [2.05, 4.69) is 10.3 Å². The Balaban J connectivity index is 1.83. The molecule has 1 fully saturated rings. The monoisotopic (exact) mass is 311 g/mol. The van der Waals surface area contributed by atoms with Crippen molar-refractivity contribution in [3.05, 3.63) is 16.1 Å². The maximum Gasteiger partial charge on any atom is 0.355 e. The number of thiazole rings is 1. The van der Waals surface area contributed by atoms with Crippen LogP contribution in [0.15, 0.2) is 5.38 Å². The fourth-order valence-corrected chi connectivity index (χ4v) is 3.28. The number of carbonyl (C=O) groups excluding carboxylic acids is 1. The Morgan fingerprint density at radius 3 is 2.62 bits per heavy atom. The number of rotatable bonds is 4. The van der Waals surface area contributed by atoms with Crippen LogP contribution in [0.1, 0.15) is 54.0 Å². The van der Waals surface area contributed by atoms with E-state index in [9.17, 15) is 9.59 Å². The summed E-state index contributed by atoms with van der Waals surface area (Å²) in [7, 11) is 1.83. The van der Waals surface area contributed by atoms with Gasteiger partial charge in [0.1, 0.15) is 5.01 Å². The molecule has 116 valence electrons. The first-order valence-corrected chi connectivity index (χ1v) is 8.14. The lowest BCUT2D eigenvalue weighted by Crippen LogP contribution is -2.43. The molecular weight excluding hydrogens is 290 g/mol. The van der Waals surface area contributed by atoms with Crippen LogP contribution in [0.3, 0.4) is 0 Å². The molecule has 0 radical (unpaired) electrons. The zero-order valence-electron chi connectivity index (χ0n) is 12.2. The van der Waals surface area contributed by atoms with Gasteiger partial charge in [-0.05, 0) is 12.8 Å². The number of urea groups is 1. The molecule has 0 saturated heterocycles. The summed E-state index contributed by atoms with van der Waals surface area (Å²) < 4.78 is 0. The van der Waals surface area contributed by atoms with Crippen molar-refractivity contribution >= 4 is 23.3 Å². The second kappa shape index (κ2) is 7.40. The lowest BCUT2D eigenvalue weighted by Gasteiger charge is -2.27. The van der Waals surface area contributed by atoms with E-state index in [1.807, 2.05) is 7.05 Å². The van der Waals surface area contributed by atoms with Crippen molar-refractivity contribution < 1.29 is 14.7 Å². The topological polar surface area (TPSA) is 82.5 Å². The van der Waals surface area contributed by atoms with Crippen LogP contribution in [0.5, 0.6) is 0 Å². The molecule has 2 N–H and O–H groups in total. The van der Waals surface area contributed by atoms with Gasteiger partial charge < -0.3 is 15.3 Å². The van der Waals surface area contributed by atoms with Crippen LogP contribution in [0.2, 0.25) is 0 Å². The van der Waals surface area contributed by atoms with Crippen molar-refractivity contribution in [2.45, 2.75) is 51.1 Å². The minimum absolute atomic E-state index is 0.0290. The number of aromatic nitrogens is 1. The van der Waals surface area contributed by atoms with Crippen molar-refractivity contribution in [2.75, 3.05) is 7.05 Å². The van der Waals surface area contributed by atoms with E-state index in [0.717, 1.165) is 12.8 Å². The second-order valence-corrected chi connectivity index (χ2v) is 6.29. The highest BCUT2D eigenvalue weighted by Gasteiger charge is 2.21. The van der Waals surface area contributed by atoms with Gasteiger partial charge in [-0.1, -0.05) is 25.7 Å². The van der Waals surface area contributed by atoms with E-state index in [4.69, 9.17) is 5.11 Å². The van der Waals surface area contributed by atoms with Crippen molar-refractivity contribution in [1.29, 1.82) is 0 Å². The summed E-state index contributed by atoms with van der Waals surface area (Å²) in [5.41, 5.74) is 0.0290. The number of carboxylic acid groups (broad SMARTS) is 1. The molecule has 0 spiro atoms. The highest BCUT2D eigenvalue weighted by Crippen LogP contribution is 2.21. The zero-order chi connectivity index (χ0) is 15.2. The largest absolute Gasteiger partial charge is 0.476 e. The predicted octanol–water partition coefficient (Wildman–Crippen LogP) is 2.71. The van der Waals surface area contributed by atoms with Crippen LogP contribution in [0, 0.1) is 0 Å². The number of aromatic carboxylic acids is 1. The summed E-state index contributed by atoms with van der Waals surface area (Å²) >= 11 is 1.25. The Labute approximate surface area is 128 Å². The third-order valence-electron chi connectivity index (χ3n) is 3.85. The number of hydrogen-bond donors (Lipinski definition) is 2. The summed E-state index contributed by atoms with van der Waals surface area (Å²) in [6.07, 6.45) is 6.98. The third kappa shape index (κ3) is 4.42. The zero-order valence-corrected chi connectivity index (χ0v) is 13.0. The van der Waals surface area contributed by atoms with Crippen molar-refractivity contribution in [2.24, 2.45) is 0 Å². The minimum Gasteiger partial charge on any atom is -0.476 e. The Bertz CT molecular complexity index is 495. The van der Waals surface area contributed by atoms with Crippen LogP contribution in [0.25, 0.3) is 0 Å². The molecule has 21 heavy (non-hydrogen) atoms. The van der Waals surface area contributed by atoms with Crippen LogP contribution >= 0.6 is 11.3 Å². The number of nitrogens with zero attached hydrogens (tertiary/aromatic N) is 2. The maximum absolute atomic E-state index is 12.1. The first-order valence-electron chi connectivity index (χ1n) is 7.26. The quantitative estimate of drug-likeness (QED) is 0.838. The highest BCUT2D eigenvalue weighted by atomic mass is 32.1. The summed E-state index contributed by atoms with van der Waals surface area (Å²) in [5.74, 6) is -1.04. The van der Waals surface area contributed by atoms with Crippen LogP contribution in [-0.4, -0.2) is 40.1 Å². The van der Waals surface area contributed by atoms with Gasteiger partial charge in [0.2, 0.25) is 0 Å². The first-order chi connectivity index (χ1) is 10.1. The molecule has 0 aromatic carbocycles. The Kier molecular flexibility index (Phi) is 5.55. The van der Waals surface area contributed by atoms with Crippen molar-refractivity contribution in [1.82, 2.24) is 15.2 Å². The fourth-order valence-electron chi connectivity index (χ4n) is 2.58. The molecule has 1 heterocycles. The average molecular weight is 311 g/mol. The molecule has 1 saturated carbocycles. The van der Waals surface area contributed by atoms with Crippen molar-refractivity contribution in [3.8, 4) is 0 Å². The van der Waals surface area contributed by atoms with Gasteiger partial charge in [0.15, 0.2) is 5.69 Å². The van der Waals surface area contributed by atoms with Gasteiger partial charge >= 0.3 is 12.0 Å². The molecule has 0 aliphatic heterocycles. The SMILES string of the molecule is CN(C(=O)NCc1nc(C(=O)O)cs1)C1CCCCCC1. The summed E-state index contributed by atoms with van der Waals surface area (Å²) in [6, 6.07) is 0.187. The molecule has 1 aromatic rings. The minimum atomic E-state index is -1.04. The van der Waals surface area contributed by atoms with Gasteiger partial charge in [0, 0.05) is 18.5 Å². The summed E-state index contributed by atoms with van der Waals surface area (Å²) in [4.78, 5) is 28.6. The van der Waals surface area contributed by atoms with E-state index < -0.39 is 5.97 Å². The lowest BCUT2D eigenvalue weighted by molar-refractivity contribution is 0.0691.